The predicted molar refractivity (Wildman–Crippen MR) is 66.3 cm³/mol. The molecular formula is C11H15ClN2O3. The molecule has 0 fully saturated rings. The molecule has 17 heavy (non-hydrogen) atoms. The lowest BCUT2D eigenvalue weighted by Crippen LogP contribution is -2.31. The molecule has 0 bridgehead atoms. The van der Waals surface area contributed by atoms with Crippen LogP contribution in [0.2, 0.25) is 5.02 Å². The molecule has 1 aromatic carbocycles. The summed E-state index contributed by atoms with van der Waals surface area (Å²) in [4.78, 5) is 11.4. The monoisotopic (exact) mass is 258 g/mol. The fourth-order valence-electron chi connectivity index (χ4n) is 1.06. The standard InChI is InChI=1S/C11H15ClN2O3/c1-16-6-7-17-8-13-11(15)14-10-5-3-2-4-9(10)12/h2-5H,6-8H2,1H3,(H2,13,14,15). The molecule has 0 aliphatic carbocycles. The van der Waals surface area contributed by atoms with E-state index < -0.39 is 0 Å². The van der Waals surface area contributed by atoms with Crippen molar-refractivity contribution in [3.05, 3.63) is 29.3 Å². The number of carbonyl (C=O) groups is 1. The SMILES string of the molecule is COCCOCNC(=O)Nc1ccccc1Cl. The van der Waals surface area contributed by atoms with E-state index in [9.17, 15) is 4.79 Å². The Balaban J connectivity index is 2.23. The Labute approximate surface area is 105 Å². The van der Waals surface area contributed by atoms with Gasteiger partial charge in [0, 0.05) is 7.11 Å². The number of hydrogen-bond donors (Lipinski definition) is 2. The second-order valence-electron chi connectivity index (χ2n) is 3.16. The average Bonchev–Trinajstić information content (AvgIpc) is 2.32. The third-order valence-corrected chi connectivity index (χ3v) is 2.22. The van der Waals surface area contributed by atoms with E-state index in [0.29, 0.717) is 23.9 Å². The van der Waals surface area contributed by atoms with Crippen LogP contribution in [0.5, 0.6) is 0 Å². The van der Waals surface area contributed by atoms with Crippen molar-refractivity contribution in [1.82, 2.24) is 5.32 Å². The van der Waals surface area contributed by atoms with Gasteiger partial charge in [-0.05, 0) is 12.1 Å². The number of methoxy groups -OCH3 is 1. The molecule has 0 aliphatic rings. The molecule has 0 unspecified atom stereocenters. The highest BCUT2D eigenvalue weighted by atomic mass is 35.5. The maximum Gasteiger partial charge on any atom is 0.321 e. The number of halogens is 1. The van der Waals surface area contributed by atoms with Gasteiger partial charge in [0.1, 0.15) is 6.73 Å². The molecule has 0 saturated heterocycles. The fourth-order valence-corrected chi connectivity index (χ4v) is 1.24. The summed E-state index contributed by atoms with van der Waals surface area (Å²) in [7, 11) is 1.58. The van der Waals surface area contributed by atoms with E-state index in [1.54, 1.807) is 31.4 Å². The summed E-state index contributed by atoms with van der Waals surface area (Å²) in [6, 6.07) is 6.63. The Morgan fingerprint density at radius 1 is 1.35 bits per heavy atom. The Morgan fingerprint density at radius 3 is 2.82 bits per heavy atom. The quantitative estimate of drug-likeness (QED) is 0.607. The molecule has 6 heteroatoms. The number of benzene rings is 1. The Morgan fingerprint density at radius 2 is 2.12 bits per heavy atom. The summed E-state index contributed by atoms with van der Waals surface area (Å²) in [6.45, 7) is 1.05. The highest BCUT2D eigenvalue weighted by molar-refractivity contribution is 6.33. The van der Waals surface area contributed by atoms with Gasteiger partial charge in [-0.1, -0.05) is 23.7 Å². The normalized spacial score (nSPS) is 10.0. The fraction of sp³-hybridized carbons (Fsp3) is 0.364. The van der Waals surface area contributed by atoms with Crippen molar-refractivity contribution in [3.8, 4) is 0 Å². The van der Waals surface area contributed by atoms with Gasteiger partial charge in [-0.3, -0.25) is 0 Å². The summed E-state index contributed by atoms with van der Waals surface area (Å²) >= 11 is 5.88. The number of nitrogens with one attached hydrogen (secondary N) is 2. The molecule has 2 amide bonds. The lowest BCUT2D eigenvalue weighted by molar-refractivity contribution is 0.0650. The first-order valence-electron chi connectivity index (χ1n) is 5.10. The van der Waals surface area contributed by atoms with Gasteiger partial charge in [0.25, 0.3) is 0 Å². The molecule has 0 spiro atoms. The number of ether oxygens (including phenoxy) is 2. The molecule has 0 aliphatic heterocycles. The van der Waals surface area contributed by atoms with Gasteiger partial charge in [-0.2, -0.15) is 0 Å². The molecule has 2 N–H and O–H groups in total. The van der Waals surface area contributed by atoms with Crippen molar-refractivity contribution in [2.24, 2.45) is 0 Å². The van der Waals surface area contributed by atoms with Gasteiger partial charge >= 0.3 is 6.03 Å². The van der Waals surface area contributed by atoms with Crippen molar-refractivity contribution in [2.75, 3.05) is 32.4 Å². The number of anilines is 1. The van der Waals surface area contributed by atoms with Crippen LogP contribution in [-0.2, 0) is 9.47 Å². The maximum atomic E-state index is 11.4. The number of carbonyl (C=O) groups excluding carboxylic acids is 1. The zero-order valence-corrected chi connectivity index (χ0v) is 10.3. The molecule has 94 valence electrons. The lowest BCUT2D eigenvalue weighted by Gasteiger charge is -2.09. The van der Waals surface area contributed by atoms with Gasteiger partial charge < -0.3 is 20.1 Å². The molecule has 1 aromatic rings. The summed E-state index contributed by atoms with van der Waals surface area (Å²) in [5.74, 6) is 0. The highest BCUT2D eigenvalue weighted by Gasteiger charge is 2.03. The number of rotatable bonds is 6. The first kappa shape index (κ1) is 13.8. The van der Waals surface area contributed by atoms with Crippen LogP contribution >= 0.6 is 11.6 Å². The second kappa shape index (κ2) is 7.89. The van der Waals surface area contributed by atoms with E-state index in [1.807, 2.05) is 0 Å². The smallest absolute Gasteiger partial charge is 0.321 e. The van der Waals surface area contributed by atoms with Crippen LogP contribution in [-0.4, -0.2) is 33.1 Å². The Kier molecular flexibility index (Phi) is 6.39. The molecule has 0 radical (unpaired) electrons. The molecule has 0 saturated carbocycles. The summed E-state index contributed by atoms with van der Waals surface area (Å²) in [5.41, 5.74) is 0.559. The Bertz CT molecular complexity index is 360. The average molecular weight is 259 g/mol. The third-order valence-electron chi connectivity index (χ3n) is 1.89. The third kappa shape index (κ3) is 5.53. The highest BCUT2D eigenvalue weighted by Crippen LogP contribution is 2.19. The Hall–Kier alpha value is -1.30. The second-order valence-corrected chi connectivity index (χ2v) is 3.56. The van der Waals surface area contributed by atoms with Gasteiger partial charge in [-0.25, -0.2) is 4.79 Å². The minimum atomic E-state index is -0.365. The number of hydrogen-bond acceptors (Lipinski definition) is 3. The molecule has 1 rings (SSSR count). The zero-order valence-electron chi connectivity index (χ0n) is 9.53. The predicted octanol–water partition coefficient (Wildman–Crippen LogP) is 2.08. The van der Waals surface area contributed by atoms with E-state index in [1.165, 1.54) is 0 Å². The minimum Gasteiger partial charge on any atom is -0.382 e. The van der Waals surface area contributed by atoms with E-state index in [-0.39, 0.29) is 12.8 Å². The van der Waals surface area contributed by atoms with Crippen molar-refractivity contribution >= 4 is 23.3 Å². The van der Waals surface area contributed by atoms with Crippen LogP contribution in [0.25, 0.3) is 0 Å². The summed E-state index contributed by atoms with van der Waals surface area (Å²) in [6.07, 6.45) is 0. The maximum absolute atomic E-state index is 11.4. The van der Waals surface area contributed by atoms with Gasteiger partial charge in [0.2, 0.25) is 0 Å². The first-order valence-corrected chi connectivity index (χ1v) is 5.48. The van der Waals surface area contributed by atoms with Crippen molar-refractivity contribution in [2.45, 2.75) is 0 Å². The van der Waals surface area contributed by atoms with E-state index in [2.05, 4.69) is 10.6 Å². The van der Waals surface area contributed by atoms with Crippen molar-refractivity contribution < 1.29 is 14.3 Å². The zero-order chi connectivity index (χ0) is 12.5. The molecule has 5 nitrogen and oxygen atoms in total. The summed E-state index contributed by atoms with van der Waals surface area (Å²) in [5, 5.41) is 5.63. The van der Waals surface area contributed by atoms with Crippen LogP contribution in [0.1, 0.15) is 0 Å². The van der Waals surface area contributed by atoms with Crippen molar-refractivity contribution in [3.63, 3.8) is 0 Å². The van der Waals surface area contributed by atoms with Crippen LogP contribution in [0.4, 0.5) is 10.5 Å². The van der Waals surface area contributed by atoms with E-state index >= 15 is 0 Å². The molecule has 0 heterocycles. The van der Waals surface area contributed by atoms with Gasteiger partial charge in [-0.15, -0.1) is 0 Å². The molecule has 0 atom stereocenters. The molecule has 0 aromatic heterocycles. The van der Waals surface area contributed by atoms with E-state index in [0.717, 1.165) is 0 Å². The van der Waals surface area contributed by atoms with Crippen molar-refractivity contribution in [1.29, 1.82) is 0 Å². The van der Waals surface area contributed by atoms with Gasteiger partial charge in [0.15, 0.2) is 0 Å². The minimum absolute atomic E-state index is 0.125. The van der Waals surface area contributed by atoms with E-state index in [4.69, 9.17) is 21.1 Å². The van der Waals surface area contributed by atoms with Crippen LogP contribution < -0.4 is 10.6 Å². The summed E-state index contributed by atoms with van der Waals surface area (Å²) < 4.78 is 9.87. The topological polar surface area (TPSA) is 59.6 Å². The largest absolute Gasteiger partial charge is 0.382 e. The number of amides is 2. The van der Waals surface area contributed by atoms with Crippen LogP contribution in [0.3, 0.4) is 0 Å². The number of urea groups is 1. The lowest BCUT2D eigenvalue weighted by atomic mass is 10.3. The number of para-hydroxylation sites is 1. The first-order chi connectivity index (χ1) is 8.24. The van der Waals surface area contributed by atoms with Crippen LogP contribution in [0, 0.1) is 0 Å². The van der Waals surface area contributed by atoms with Crippen LogP contribution in [0.15, 0.2) is 24.3 Å². The van der Waals surface area contributed by atoms with Gasteiger partial charge in [0.05, 0.1) is 23.9 Å². The molecular weight excluding hydrogens is 244 g/mol.